The molecule has 0 amide bonds. The third kappa shape index (κ3) is 4.83. The zero-order valence-corrected chi connectivity index (χ0v) is 20.7. The molecule has 0 spiro atoms. The molecule has 0 aliphatic heterocycles. The van der Waals surface area contributed by atoms with E-state index in [0.29, 0.717) is 12.1 Å². The molecule has 1 saturated carbocycles. The first-order chi connectivity index (χ1) is 16.6. The van der Waals surface area contributed by atoms with Gasteiger partial charge >= 0.3 is 0 Å². The number of benzene rings is 2. The van der Waals surface area contributed by atoms with Crippen LogP contribution in [0.25, 0.3) is 10.8 Å². The molecule has 3 aromatic rings. The predicted octanol–water partition coefficient (Wildman–Crippen LogP) is 5.10. The van der Waals surface area contributed by atoms with Crippen LogP contribution in [-0.2, 0) is 19.4 Å². The molecule has 180 valence electrons. The molecule has 2 aromatic carbocycles. The van der Waals surface area contributed by atoms with Gasteiger partial charge in [0.2, 0.25) is 5.95 Å². The Balaban J connectivity index is 1.20. The molecule has 2 aliphatic carbocycles. The predicted molar refractivity (Wildman–Crippen MR) is 140 cm³/mol. The quantitative estimate of drug-likeness (QED) is 0.513. The molecule has 2 aliphatic rings. The second-order valence-corrected chi connectivity index (χ2v) is 9.94. The van der Waals surface area contributed by atoms with Gasteiger partial charge in [0.05, 0.1) is 12.8 Å². The van der Waals surface area contributed by atoms with Crippen molar-refractivity contribution < 1.29 is 4.74 Å². The van der Waals surface area contributed by atoms with E-state index in [0.717, 1.165) is 62.6 Å². The molecule has 1 fully saturated rings. The molecule has 5 rings (SSSR count). The number of methoxy groups -OCH3 is 1. The minimum atomic E-state index is 0.432. The van der Waals surface area contributed by atoms with Crippen molar-refractivity contribution in [3.05, 3.63) is 53.2 Å². The summed E-state index contributed by atoms with van der Waals surface area (Å²) in [6.45, 7) is 0.827. The number of fused-ring (bicyclic) bond motifs is 2. The molecule has 6 nitrogen and oxygen atoms in total. The van der Waals surface area contributed by atoms with Crippen LogP contribution in [0.3, 0.4) is 0 Å². The van der Waals surface area contributed by atoms with Crippen molar-refractivity contribution in [2.24, 2.45) is 0 Å². The number of nitrogens with zero attached hydrogens (tertiary/aromatic N) is 3. The highest BCUT2D eigenvalue weighted by Crippen LogP contribution is 2.31. The zero-order chi connectivity index (χ0) is 23.5. The molecule has 2 N–H and O–H groups in total. The summed E-state index contributed by atoms with van der Waals surface area (Å²) in [6, 6.07) is 13.7. The number of nitrogens with one attached hydrogen (secondary N) is 2. The Morgan fingerprint density at radius 3 is 2.50 bits per heavy atom. The first-order valence-electron chi connectivity index (χ1n) is 12.7. The highest BCUT2D eigenvalue weighted by atomic mass is 16.5. The van der Waals surface area contributed by atoms with E-state index < -0.39 is 0 Å². The van der Waals surface area contributed by atoms with Crippen LogP contribution in [-0.4, -0.2) is 43.3 Å². The summed E-state index contributed by atoms with van der Waals surface area (Å²) in [5.74, 6) is 2.86. The number of ether oxygens (including phenoxy) is 1. The van der Waals surface area contributed by atoms with Crippen LogP contribution >= 0.6 is 0 Å². The van der Waals surface area contributed by atoms with E-state index in [9.17, 15) is 0 Å². The highest BCUT2D eigenvalue weighted by molar-refractivity contribution is 5.87. The fourth-order valence-electron chi connectivity index (χ4n) is 5.57. The molecule has 1 aromatic heterocycles. The van der Waals surface area contributed by atoms with Crippen molar-refractivity contribution in [1.82, 2.24) is 15.3 Å². The van der Waals surface area contributed by atoms with E-state index >= 15 is 0 Å². The van der Waals surface area contributed by atoms with Gasteiger partial charge in [-0.1, -0.05) is 30.3 Å². The topological polar surface area (TPSA) is 62.3 Å². The van der Waals surface area contributed by atoms with Gasteiger partial charge in [-0.05, 0) is 68.2 Å². The van der Waals surface area contributed by atoms with Crippen molar-refractivity contribution in [3.8, 4) is 5.75 Å². The third-order valence-corrected chi connectivity index (χ3v) is 7.43. The van der Waals surface area contributed by atoms with Gasteiger partial charge in [-0.3, -0.25) is 0 Å². The van der Waals surface area contributed by atoms with E-state index in [-0.39, 0.29) is 0 Å². The van der Waals surface area contributed by atoms with E-state index in [1.807, 2.05) is 0 Å². The molecule has 1 heterocycles. The second-order valence-electron chi connectivity index (χ2n) is 9.94. The Bertz CT molecular complexity index is 1140. The van der Waals surface area contributed by atoms with Crippen LogP contribution in [0.2, 0.25) is 0 Å². The average Bonchev–Trinajstić information content (AvgIpc) is 2.87. The van der Waals surface area contributed by atoms with Gasteiger partial charge in [-0.15, -0.1) is 0 Å². The van der Waals surface area contributed by atoms with Crippen LogP contribution < -0.4 is 20.3 Å². The Morgan fingerprint density at radius 1 is 0.941 bits per heavy atom. The molecule has 0 saturated heterocycles. The Kier molecular flexibility index (Phi) is 6.86. The third-order valence-electron chi connectivity index (χ3n) is 7.43. The van der Waals surface area contributed by atoms with E-state index in [4.69, 9.17) is 14.7 Å². The molecule has 0 radical (unpaired) electrons. The molecule has 0 bridgehead atoms. The van der Waals surface area contributed by atoms with Crippen molar-refractivity contribution in [1.29, 1.82) is 0 Å². The number of rotatable bonds is 7. The van der Waals surface area contributed by atoms with Crippen LogP contribution in [0, 0.1) is 0 Å². The highest BCUT2D eigenvalue weighted by Gasteiger charge is 2.24. The SMILES string of the molecule is COc1ccc2ccccc2c1CNC1CCC(Nc2nc3c(c(N(C)C)n2)CCCC3)CC1. The lowest BCUT2D eigenvalue weighted by Gasteiger charge is -2.31. The molecule has 6 heteroatoms. The summed E-state index contributed by atoms with van der Waals surface area (Å²) in [6.07, 6.45) is 9.19. The summed E-state index contributed by atoms with van der Waals surface area (Å²) in [5, 5.41) is 10.0. The molecule has 0 unspecified atom stereocenters. The van der Waals surface area contributed by atoms with Gasteiger partial charge in [0, 0.05) is 43.9 Å². The van der Waals surface area contributed by atoms with E-state index in [1.165, 1.54) is 40.4 Å². The minimum absolute atomic E-state index is 0.432. The number of hydrogen-bond donors (Lipinski definition) is 2. The van der Waals surface area contributed by atoms with Crippen LogP contribution in [0.1, 0.15) is 55.3 Å². The molecule has 0 atom stereocenters. The van der Waals surface area contributed by atoms with Gasteiger partial charge in [-0.2, -0.15) is 4.98 Å². The monoisotopic (exact) mass is 459 g/mol. The minimum Gasteiger partial charge on any atom is -0.496 e. The van der Waals surface area contributed by atoms with Crippen LogP contribution in [0.15, 0.2) is 36.4 Å². The molecule has 34 heavy (non-hydrogen) atoms. The smallest absolute Gasteiger partial charge is 0.225 e. The summed E-state index contributed by atoms with van der Waals surface area (Å²) in [7, 11) is 5.93. The normalized spacial score (nSPS) is 20.1. The summed E-state index contributed by atoms with van der Waals surface area (Å²) in [4.78, 5) is 12.0. The van der Waals surface area contributed by atoms with Crippen LogP contribution in [0.5, 0.6) is 5.75 Å². The lowest BCUT2D eigenvalue weighted by molar-refractivity contribution is 0.348. The van der Waals surface area contributed by atoms with Gasteiger partial charge in [0.25, 0.3) is 0 Å². The fourth-order valence-corrected chi connectivity index (χ4v) is 5.57. The number of aromatic nitrogens is 2. The van der Waals surface area contributed by atoms with Crippen LogP contribution in [0.4, 0.5) is 11.8 Å². The fraction of sp³-hybridized carbons (Fsp3) is 0.500. The maximum Gasteiger partial charge on any atom is 0.225 e. The van der Waals surface area contributed by atoms with Crippen molar-refractivity contribution in [2.45, 2.75) is 70.0 Å². The number of aryl methyl sites for hydroxylation is 1. The lowest BCUT2D eigenvalue weighted by atomic mass is 9.91. The van der Waals surface area contributed by atoms with Gasteiger partial charge in [-0.25, -0.2) is 4.98 Å². The van der Waals surface area contributed by atoms with Crippen molar-refractivity contribution in [2.75, 3.05) is 31.4 Å². The van der Waals surface area contributed by atoms with Gasteiger partial charge < -0.3 is 20.3 Å². The second kappa shape index (κ2) is 10.2. The van der Waals surface area contributed by atoms with Gasteiger partial charge in [0.15, 0.2) is 0 Å². The maximum absolute atomic E-state index is 5.68. The molecular formula is C28H37N5O. The first-order valence-corrected chi connectivity index (χ1v) is 12.7. The van der Waals surface area contributed by atoms with Crippen molar-refractivity contribution >= 4 is 22.5 Å². The Hall–Kier alpha value is -2.86. The largest absolute Gasteiger partial charge is 0.496 e. The summed E-state index contributed by atoms with van der Waals surface area (Å²) in [5.41, 5.74) is 3.84. The van der Waals surface area contributed by atoms with Gasteiger partial charge in [0.1, 0.15) is 11.6 Å². The molecular weight excluding hydrogens is 422 g/mol. The Morgan fingerprint density at radius 2 is 1.71 bits per heavy atom. The lowest BCUT2D eigenvalue weighted by Crippen LogP contribution is -2.37. The average molecular weight is 460 g/mol. The van der Waals surface area contributed by atoms with Crippen molar-refractivity contribution in [3.63, 3.8) is 0 Å². The summed E-state index contributed by atoms with van der Waals surface area (Å²) < 4.78 is 5.68. The van der Waals surface area contributed by atoms with E-state index in [1.54, 1.807) is 7.11 Å². The zero-order valence-electron chi connectivity index (χ0n) is 20.7. The Labute approximate surface area is 203 Å². The number of anilines is 2. The standard InChI is InChI=1S/C28H37N5O/c1-33(2)27-23-10-6-7-11-25(23)31-28(32-27)30-21-15-13-20(14-16-21)29-18-24-22-9-5-4-8-19(22)12-17-26(24)34-3/h4-5,8-9,12,17,20-21,29H,6-7,10-11,13-16,18H2,1-3H3,(H,30,31,32). The summed E-state index contributed by atoms with van der Waals surface area (Å²) >= 11 is 0. The number of hydrogen-bond acceptors (Lipinski definition) is 6. The van der Waals surface area contributed by atoms with E-state index in [2.05, 4.69) is 66.0 Å². The first kappa shape index (κ1) is 22.9. The maximum atomic E-state index is 5.68.